The molecule has 7 heteroatoms. The standard InChI is InChI=1S/C12H17NO5S/c1-4-18-12(14)8-13-19(15,16)11-7-9(2)5-6-10(11)17-3/h5-7,13H,4,8H2,1-3H3. The Bertz CT molecular complexity index is 553. The van der Waals surface area contributed by atoms with Gasteiger partial charge in [-0.05, 0) is 31.5 Å². The van der Waals surface area contributed by atoms with Crippen LogP contribution in [0.4, 0.5) is 0 Å². The Morgan fingerprint density at radius 3 is 2.63 bits per heavy atom. The summed E-state index contributed by atoms with van der Waals surface area (Å²) in [6, 6.07) is 4.78. The lowest BCUT2D eigenvalue weighted by atomic mass is 10.2. The van der Waals surface area contributed by atoms with E-state index in [0.717, 1.165) is 5.56 Å². The second-order valence-electron chi connectivity index (χ2n) is 3.78. The number of hydrogen-bond donors (Lipinski definition) is 1. The second kappa shape index (κ2) is 6.53. The van der Waals surface area contributed by atoms with Gasteiger partial charge in [-0.2, -0.15) is 4.72 Å². The summed E-state index contributed by atoms with van der Waals surface area (Å²) in [5.41, 5.74) is 0.775. The number of rotatable bonds is 6. The number of aryl methyl sites for hydroxylation is 1. The van der Waals surface area contributed by atoms with Crippen LogP contribution in [-0.4, -0.2) is 34.6 Å². The van der Waals surface area contributed by atoms with Crippen molar-refractivity contribution in [3.63, 3.8) is 0 Å². The third-order valence-electron chi connectivity index (χ3n) is 2.32. The summed E-state index contributed by atoms with van der Waals surface area (Å²) in [6.45, 7) is 3.21. The summed E-state index contributed by atoms with van der Waals surface area (Å²) in [5.74, 6) is -0.403. The second-order valence-corrected chi connectivity index (χ2v) is 5.52. The van der Waals surface area contributed by atoms with Crippen molar-refractivity contribution in [2.24, 2.45) is 0 Å². The third kappa shape index (κ3) is 4.22. The number of nitrogens with one attached hydrogen (secondary N) is 1. The molecule has 0 amide bonds. The van der Waals surface area contributed by atoms with E-state index in [0.29, 0.717) is 0 Å². The van der Waals surface area contributed by atoms with Crippen molar-refractivity contribution >= 4 is 16.0 Å². The summed E-state index contributed by atoms with van der Waals surface area (Å²) in [5, 5.41) is 0. The van der Waals surface area contributed by atoms with Gasteiger partial charge < -0.3 is 9.47 Å². The number of hydrogen-bond acceptors (Lipinski definition) is 5. The molecule has 0 atom stereocenters. The Morgan fingerprint density at radius 2 is 2.05 bits per heavy atom. The van der Waals surface area contributed by atoms with E-state index in [1.165, 1.54) is 13.2 Å². The summed E-state index contributed by atoms with van der Waals surface area (Å²) in [4.78, 5) is 11.2. The highest BCUT2D eigenvalue weighted by Crippen LogP contribution is 2.24. The topological polar surface area (TPSA) is 81.7 Å². The highest BCUT2D eigenvalue weighted by Gasteiger charge is 2.20. The molecule has 0 heterocycles. The Kier molecular flexibility index (Phi) is 5.31. The fourth-order valence-corrected chi connectivity index (χ4v) is 2.66. The first kappa shape index (κ1) is 15.5. The van der Waals surface area contributed by atoms with E-state index in [9.17, 15) is 13.2 Å². The van der Waals surface area contributed by atoms with Gasteiger partial charge in [0.2, 0.25) is 10.0 Å². The van der Waals surface area contributed by atoms with E-state index < -0.39 is 22.5 Å². The number of carbonyl (C=O) groups is 1. The molecule has 6 nitrogen and oxygen atoms in total. The van der Waals surface area contributed by atoms with E-state index in [2.05, 4.69) is 9.46 Å². The van der Waals surface area contributed by atoms with E-state index in [-0.39, 0.29) is 17.3 Å². The molecule has 0 aliphatic carbocycles. The fourth-order valence-electron chi connectivity index (χ4n) is 1.44. The van der Waals surface area contributed by atoms with Crippen LogP contribution in [0.15, 0.2) is 23.1 Å². The summed E-state index contributed by atoms with van der Waals surface area (Å²) < 4.78 is 36.0. The van der Waals surface area contributed by atoms with Crippen LogP contribution < -0.4 is 9.46 Å². The number of ether oxygens (including phenoxy) is 2. The minimum absolute atomic E-state index is 0.000650. The van der Waals surface area contributed by atoms with Gasteiger partial charge >= 0.3 is 5.97 Å². The van der Waals surface area contributed by atoms with Crippen LogP contribution in [0.5, 0.6) is 5.75 Å². The van der Waals surface area contributed by atoms with Gasteiger partial charge in [0.05, 0.1) is 13.7 Å². The SMILES string of the molecule is CCOC(=O)CNS(=O)(=O)c1cc(C)ccc1OC. The number of benzene rings is 1. The molecule has 1 aromatic carbocycles. The van der Waals surface area contributed by atoms with E-state index >= 15 is 0 Å². The average Bonchev–Trinajstić information content (AvgIpc) is 2.37. The molecule has 1 aromatic rings. The van der Waals surface area contributed by atoms with Gasteiger partial charge in [-0.3, -0.25) is 4.79 Å². The van der Waals surface area contributed by atoms with Crippen LogP contribution >= 0.6 is 0 Å². The van der Waals surface area contributed by atoms with Crippen molar-refractivity contribution in [1.82, 2.24) is 4.72 Å². The Morgan fingerprint density at radius 1 is 1.37 bits per heavy atom. The maximum Gasteiger partial charge on any atom is 0.321 e. The van der Waals surface area contributed by atoms with Gasteiger partial charge in [-0.25, -0.2) is 8.42 Å². The van der Waals surface area contributed by atoms with Gasteiger partial charge in [-0.15, -0.1) is 0 Å². The zero-order chi connectivity index (χ0) is 14.5. The van der Waals surface area contributed by atoms with Crippen LogP contribution in [0.25, 0.3) is 0 Å². The molecule has 0 radical (unpaired) electrons. The predicted octanol–water partition coefficient (Wildman–Crippen LogP) is 0.845. The molecule has 0 bridgehead atoms. The van der Waals surface area contributed by atoms with Gasteiger partial charge in [0.25, 0.3) is 0 Å². The highest BCUT2D eigenvalue weighted by atomic mass is 32.2. The van der Waals surface area contributed by atoms with Crippen LogP contribution in [0.2, 0.25) is 0 Å². The molecule has 0 saturated heterocycles. The third-order valence-corrected chi connectivity index (χ3v) is 3.74. The number of methoxy groups -OCH3 is 1. The normalized spacial score (nSPS) is 11.1. The molecule has 0 unspecified atom stereocenters. The zero-order valence-corrected chi connectivity index (χ0v) is 11.9. The van der Waals surface area contributed by atoms with Gasteiger partial charge in [0, 0.05) is 0 Å². The molecule has 0 saturated carbocycles. The molecule has 0 aliphatic heterocycles. The fraction of sp³-hybridized carbons (Fsp3) is 0.417. The van der Waals surface area contributed by atoms with E-state index in [4.69, 9.17) is 4.74 Å². The minimum Gasteiger partial charge on any atom is -0.495 e. The summed E-state index contributed by atoms with van der Waals surface area (Å²) in [6.07, 6.45) is 0. The first-order chi connectivity index (χ1) is 8.90. The van der Waals surface area contributed by atoms with Gasteiger partial charge in [-0.1, -0.05) is 6.07 Å². The van der Waals surface area contributed by atoms with Crippen LogP contribution in [-0.2, 0) is 19.6 Å². The summed E-state index contributed by atoms with van der Waals surface area (Å²) >= 11 is 0. The smallest absolute Gasteiger partial charge is 0.321 e. The molecule has 0 aromatic heterocycles. The lowest BCUT2D eigenvalue weighted by Crippen LogP contribution is -2.31. The lowest BCUT2D eigenvalue weighted by molar-refractivity contribution is -0.141. The Balaban J connectivity index is 2.94. The van der Waals surface area contributed by atoms with Crippen molar-refractivity contribution in [2.75, 3.05) is 20.3 Å². The molecule has 19 heavy (non-hydrogen) atoms. The molecule has 0 aliphatic rings. The monoisotopic (exact) mass is 287 g/mol. The first-order valence-electron chi connectivity index (χ1n) is 5.70. The molecule has 1 N–H and O–H groups in total. The van der Waals surface area contributed by atoms with E-state index in [1.54, 1.807) is 26.0 Å². The molecule has 106 valence electrons. The van der Waals surface area contributed by atoms with Crippen molar-refractivity contribution in [3.05, 3.63) is 23.8 Å². The lowest BCUT2D eigenvalue weighted by Gasteiger charge is -2.11. The van der Waals surface area contributed by atoms with Crippen molar-refractivity contribution < 1.29 is 22.7 Å². The summed E-state index contributed by atoms with van der Waals surface area (Å²) in [7, 11) is -2.43. The number of sulfonamides is 1. The maximum absolute atomic E-state index is 12.1. The van der Waals surface area contributed by atoms with Gasteiger partial charge in [0.1, 0.15) is 17.2 Å². The van der Waals surface area contributed by atoms with Gasteiger partial charge in [0.15, 0.2) is 0 Å². The van der Waals surface area contributed by atoms with Crippen molar-refractivity contribution in [2.45, 2.75) is 18.7 Å². The quantitative estimate of drug-likeness (QED) is 0.784. The number of carbonyl (C=O) groups excluding carboxylic acids is 1. The van der Waals surface area contributed by atoms with E-state index in [1.807, 2.05) is 0 Å². The van der Waals surface area contributed by atoms with Crippen LogP contribution in [0.1, 0.15) is 12.5 Å². The molecule has 0 spiro atoms. The predicted molar refractivity (Wildman–Crippen MR) is 69.6 cm³/mol. The molecular weight excluding hydrogens is 270 g/mol. The maximum atomic E-state index is 12.1. The molecule has 0 fully saturated rings. The Labute approximate surface area is 112 Å². The number of esters is 1. The zero-order valence-electron chi connectivity index (χ0n) is 11.1. The highest BCUT2D eigenvalue weighted by molar-refractivity contribution is 7.89. The van der Waals surface area contributed by atoms with Crippen molar-refractivity contribution in [3.8, 4) is 5.75 Å². The van der Waals surface area contributed by atoms with Crippen LogP contribution in [0.3, 0.4) is 0 Å². The minimum atomic E-state index is -3.81. The van der Waals surface area contributed by atoms with Crippen molar-refractivity contribution in [1.29, 1.82) is 0 Å². The van der Waals surface area contributed by atoms with Crippen LogP contribution in [0, 0.1) is 6.92 Å². The molecular formula is C12H17NO5S. The average molecular weight is 287 g/mol. The first-order valence-corrected chi connectivity index (χ1v) is 7.19. The largest absolute Gasteiger partial charge is 0.495 e. The molecule has 1 rings (SSSR count). The Hall–Kier alpha value is -1.60.